The first-order chi connectivity index (χ1) is 13.0. The molecule has 0 aliphatic carbocycles. The molecule has 148 valence electrons. The summed E-state index contributed by atoms with van der Waals surface area (Å²) in [4.78, 5) is 3.26. The average molecular weight is 408 g/mol. The van der Waals surface area contributed by atoms with Crippen molar-refractivity contribution in [2.75, 3.05) is 38.0 Å². The lowest BCUT2D eigenvalue weighted by Gasteiger charge is -2.29. The van der Waals surface area contributed by atoms with E-state index in [2.05, 4.69) is 55.5 Å². The zero-order valence-electron chi connectivity index (χ0n) is 16.8. The Kier molecular flexibility index (Phi) is 7.41. The van der Waals surface area contributed by atoms with E-state index in [0.717, 1.165) is 35.3 Å². The molecule has 0 bridgehead atoms. The molecule has 3 rings (SSSR count). The van der Waals surface area contributed by atoms with Crippen LogP contribution in [0.4, 0.5) is 5.13 Å². The van der Waals surface area contributed by atoms with Gasteiger partial charge in [0.2, 0.25) is 5.13 Å². The van der Waals surface area contributed by atoms with Crippen LogP contribution in [0.1, 0.15) is 44.2 Å². The third kappa shape index (κ3) is 5.85. The smallest absolute Gasteiger partial charge is 0.204 e. The fourth-order valence-electron chi connectivity index (χ4n) is 3.52. The van der Waals surface area contributed by atoms with Crippen molar-refractivity contribution in [3.05, 3.63) is 39.3 Å². The van der Waals surface area contributed by atoms with Crippen molar-refractivity contribution in [1.82, 2.24) is 9.78 Å². The van der Waals surface area contributed by atoms with Crippen LogP contribution in [-0.4, -0.2) is 42.5 Å². The first-order valence-electron chi connectivity index (χ1n) is 10.1. The van der Waals surface area contributed by atoms with Gasteiger partial charge in [-0.25, -0.2) is 0 Å². The molecule has 2 aromatic rings. The van der Waals surface area contributed by atoms with E-state index in [1.54, 1.807) is 21.1 Å². The molecule has 27 heavy (non-hydrogen) atoms. The van der Waals surface area contributed by atoms with Gasteiger partial charge < -0.3 is 15.1 Å². The van der Waals surface area contributed by atoms with Gasteiger partial charge in [-0.15, -0.1) is 5.10 Å². The normalized spacial score (nSPS) is 20.1. The minimum atomic E-state index is 0.605. The summed E-state index contributed by atoms with van der Waals surface area (Å²) in [6.45, 7) is 14.4. The Hall–Kier alpha value is -1.28. The predicted octanol–water partition coefficient (Wildman–Crippen LogP) is 1.56. The van der Waals surface area contributed by atoms with E-state index < -0.39 is 0 Å². The Bertz CT molecular complexity index is 757. The van der Waals surface area contributed by atoms with Crippen LogP contribution in [0, 0.1) is 3.95 Å². The van der Waals surface area contributed by atoms with E-state index in [1.165, 1.54) is 37.3 Å². The summed E-state index contributed by atoms with van der Waals surface area (Å²) >= 11 is 7.08. The fourth-order valence-corrected chi connectivity index (χ4v) is 4.55. The van der Waals surface area contributed by atoms with Gasteiger partial charge in [0, 0.05) is 12.1 Å². The highest BCUT2D eigenvalue weighted by Crippen LogP contribution is 2.14. The SMILES string of the molecule is CCCNc1nn(C[NH+]2CC[NH+](Cc3ccc(C(C)C)cc3)CC2)c(=S)s1. The molecule has 5 nitrogen and oxygen atoms in total. The van der Waals surface area contributed by atoms with Gasteiger partial charge in [0.15, 0.2) is 10.6 Å². The van der Waals surface area contributed by atoms with Crippen molar-refractivity contribution in [2.45, 2.75) is 46.3 Å². The highest BCUT2D eigenvalue weighted by Gasteiger charge is 2.24. The molecular weight excluding hydrogens is 374 g/mol. The molecular formula is C20H33N5S2+2. The van der Waals surface area contributed by atoms with E-state index in [-0.39, 0.29) is 0 Å². The summed E-state index contributed by atoms with van der Waals surface area (Å²) in [7, 11) is 0. The Balaban J connectivity index is 1.47. The van der Waals surface area contributed by atoms with Gasteiger partial charge in [0.1, 0.15) is 32.7 Å². The first kappa shape index (κ1) is 20.5. The van der Waals surface area contributed by atoms with Gasteiger partial charge in [0.05, 0.1) is 0 Å². The predicted molar refractivity (Wildman–Crippen MR) is 115 cm³/mol. The molecule has 1 fully saturated rings. The molecule has 0 saturated carbocycles. The zero-order chi connectivity index (χ0) is 19.2. The number of rotatable bonds is 8. The van der Waals surface area contributed by atoms with Crippen LogP contribution in [-0.2, 0) is 13.2 Å². The summed E-state index contributed by atoms with van der Waals surface area (Å²) in [5.74, 6) is 0.605. The van der Waals surface area contributed by atoms with Crippen LogP contribution < -0.4 is 15.1 Å². The minimum absolute atomic E-state index is 0.605. The molecule has 7 heteroatoms. The number of nitrogens with zero attached hydrogens (tertiary/aromatic N) is 2. The molecule has 0 amide bonds. The monoisotopic (exact) mass is 407 g/mol. The second kappa shape index (κ2) is 9.78. The van der Waals surface area contributed by atoms with E-state index in [1.807, 2.05) is 4.68 Å². The number of benzene rings is 1. The highest BCUT2D eigenvalue weighted by molar-refractivity contribution is 7.73. The number of hydrogen-bond donors (Lipinski definition) is 3. The number of nitrogens with one attached hydrogen (secondary N) is 3. The van der Waals surface area contributed by atoms with E-state index >= 15 is 0 Å². The van der Waals surface area contributed by atoms with Crippen molar-refractivity contribution in [2.24, 2.45) is 0 Å². The van der Waals surface area contributed by atoms with Gasteiger partial charge >= 0.3 is 0 Å². The van der Waals surface area contributed by atoms with Crippen LogP contribution >= 0.6 is 23.6 Å². The summed E-state index contributed by atoms with van der Waals surface area (Å²) in [5, 5.41) is 8.94. The van der Waals surface area contributed by atoms with Crippen molar-refractivity contribution in [1.29, 1.82) is 0 Å². The first-order valence-corrected chi connectivity index (χ1v) is 11.4. The summed E-state index contributed by atoms with van der Waals surface area (Å²) in [6, 6.07) is 9.19. The lowest BCUT2D eigenvalue weighted by atomic mass is 10.0. The Labute approximate surface area is 172 Å². The molecule has 1 aliphatic heterocycles. The van der Waals surface area contributed by atoms with E-state index in [4.69, 9.17) is 12.2 Å². The molecule has 1 aliphatic rings. The number of hydrogen-bond acceptors (Lipinski definition) is 4. The molecule has 1 saturated heterocycles. The summed E-state index contributed by atoms with van der Waals surface area (Å²) in [5.41, 5.74) is 2.88. The maximum Gasteiger partial charge on any atom is 0.204 e. The second-order valence-corrected chi connectivity index (χ2v) is 9.45. The Morgan fingerprint density at radius 3 is 2.44 bits per heavy atom. The highest BCUT2D eigenvalue weighted by atomic mass is 32.1. The maximum absolute atomic E-state index is 5.49. The van der Waals surface area contributed by atoms with E-state index in [0.29, 0.717) is 5.92 Å². The van der Waals surface area contributed by atoms with Gasteiger partial charge in [0.25, 0.3) is 0 Å². The maximum atomic E-state index is 5.49. The quantitative estimate of drug-likeness (QED) is 0.582. The fraction of sp³-hybridized carbons (Fsp3) is 0.600. The minimum Gasteiger partial charge on any atom is -0.360 e. The van der Waals surface area contributed by atoms with Crippen molar-refractivity contribution < 1.29 is 9.80 Å². The molecule has 2 heterocycles. The Morgan fingerprint density at radius 1 is 1.15 bits per heavy atom. The van der Waals surface area contributed by atoms with Crippen molar-refractivity contribution in [3.8, 4) is 0 Å². The molecule has 0 atom stereocenters. The largest absolute Gasteiger partial charge is 0.360 e. The van der Waals surface area contributed by atoms with Gasteiger partial charge in [-0.3, -0.25) is 0 Å². The molecule has 1 aromatic heterocycles. The van der Waals surface area contributed by atoms with Crippen molar-refractivity contribution in [3.63, 3.8) is 0 Å². The van der Waals surface area contributed by atoms with Gasteiger partial charge in [-0.1, -0.05) is 56.4 Å². The third-order valence-corrected chi connectivity index (χ3v) is 6.54. The number of anilines is 1. The lowest BCUT2D eigenvalue weighted by molar-refractivity contribution is -1.03. The summed E-state index contributed by atoms with van der Waals surface area (Å²) < 4.78 is 2.88. The average Bonchev–Trinajstić information content (AvgIpc) is 3.01. The van der Waals surface area contributed by atoms with E-state index in [9.17, 15) is 0 Å². The second-order valence-electron chi connectivity index (χ2n) is 7.83. The molecule has 3 N–H and O–H groups in total. The van der Waals surface area contributed by atoms with Crippen LogP contribution in [0.15, 0.2) is 24.3 Å². The molecule has 1 aromatic carbocycles. The van der Waals surface area contributed by atoms with Crippen molar-refractivity contribution >= 4 is 28.7 Å². The number of quaternary nitrogens is 2. The molecule has 0 radical (unpaired) electrons. The zero-order valence-corrected chi connectivity index (χ0v) is 18.4. The standard InChI is InChI=1S/C20H31N5S2/c1-4-9-21-19-22-25(20(26)27-19)15-24-12-10-23(11-13-24)14-17-5-7-18(8-6-17)16(2)3/h5-8,16H,4,9-15H2,1-3H3,(H,21,22)/p+2. The third-order valence-electron chi connectivity index (χ3n) is 5.27. The topological polar surface area (TPSA) is 38.7 Å². The van der Waals surface area contributed by atoms with Crippen LogP contribution in [0.25, 0.3) is 0 Å². The number of piperazine rings is 1. The summed E-state index contributed by atoms with van der Waals surface area (Å²) in [6.07, 6.45) is 1.10. The Morgan fingerprint density at radius 2 is 1.81 bits per heavy atom. The molecule has 0 unspecified atom stereocenters. The van der Waals surface area contributed by atoms with Crippen LogP contribution in [0.3, 0.4) is 0 Å². The molecule has 0 spiro atoms. The lowest BCUT2D eigenvalue weighted by Crippen LogP contribution is -3.27. The van der Waals surface area contributed by atoms with Crippen LogP contribution in [0.5, 0.6) is 0 Å². The van der Waals surface area contributed by atoms with Gasteiger partial charge in [-0.2, -0.15) is 4.68 Å². The van der Waals surface area contributed by atoms with Gasteiger partial charge in [-0.05, 0) is 30.1 Å². The van der Waals surface area contributed by atoms with Crippen LogP contribution in [0.2, 0.25) is 0 Å². The number of aromatic nitrogens is 2.